The van der Waals surface area contributed by atoms with Crippen molar-refractivity contribution < 1.29 is 4.39 Å². The van der Waals surface area contributed by atoms with Crippen LogP contribution in [0.25, 0.3) is 0 Å². The van der Waals surface area contributed by atoms with E-state index in [1.165, 1.54) is 12.4 Å². The van der Waals surface area contributed by atoms with E-state index in [1.54, 1.807) is 11.0 Å². The number of aliphatic imine (C=N–C) groups is 3. The molecule has 0 aromatic carbocycles. The first-order chi connectivity index (χ1) is 6.84. The minimum atomic E-state index is -0.531. The number of halogens is 1. The Morgan fingerprint density at radius 2 is 2.29 bits per heavy atom. The van der Waals surface area contributed by atoms with E-state index in [0.717, 1.165) is 0 Å². The lowest BCUT2D eigenvalue weighted by atomic mass is 10.2. The maximum atomic E-state index is 13.0. The molecule has 0 aliphatic carbocycles. The number of allylic oxidation sites excluding steroid dienone is 4. The van der Waals surface area contributed by atoms with Gasteiger partial charge in [-0.25, -0.2) is 9.98 Å². The summed E-state index contributed by atoms with van der Waals surface area (Å²) in [4.78, 5) is 13.3. The van der Waals surface area contributed by atoms with Crippen LogP contribution in [-0.2, 0) is 0 Å². The highest BCUT2D eigenvalue weighted by molar-refractivity contribution is 6.06. The van der Waals surface area contributed by atoms with Gasteiger partial charge in [-0.05, 0) is 12.2 Å². The topological polar surface area (TPSA) is 40.3 Å². The van der Waals surface area contributed by atoms with Crippen molar-refractivity contribution in [2.45, 2.75) is 0 Å². The Morgan fingerprint density at radius 3 is 3.21 bits per heavy atom. The van der Waals surface area contributed by atoms with Gasteiger partial charge in [0.05, 0.1) is 5.70 Å². The predicted octanol–water partition coefficient (Wildman–Crippen LogP) is 1.36. The van der Waals surface area contributed by atoms with Crippen LogP contribution in [0.5, 0.6) is 0 Å². The Morgan fingerprint density at radius 1 is 1.36 bits per heavy atom. The monoisotopic (exact) mass is 188 g/mol. The van der Waals surface area contributed by atoms with E-state index in [-0.39, 0.29) is 0 Å². The Kier molecular flexibility index (Phi) is 1.30. The summed E-state index contributed by atoms with van der Waals surface area (Å²) in [6, 6.07) is 0. The normalized spacial score (nSPS) is 22.2. The lowest BCUT2D eigenvalue weighted by Gasteiger charge is -2.29. The number of nitrogens with zero attached hydrogens (tertiary/aromatic N) is 4. The fourth-order valence-electron chi connectivity index (χ4n) is 1.47. The maximum absolute atomic E-state index is 13.0. The Bertz CT molecular complexity index is 477. The van der Waals surface area contributed by atoms with Crippen LogP contribution < -0.4 is 0 Å². The zero-order chi connectivity index (χ0) is 9.54. The fraction of sp³-hybridized carbons (Fsp3) is 0. The van der Waals surface area contributed by atoms with Crippen molar-refractivity contribution in [2.24, 2.45) is 15.0 Å². The molecule has 0 saturated heterocycles. The molecule has 0 amide bonds. The van der Waals surface area contributed by atoms with Gasteiger partial charge in [0.25, 0.3) is 0 Å². The van der Waals surface area contributed by atoms with Crippen molar-refractivity contribution in [1.29, 1.82) is 0 Å². The fourth-order valence-corrected chi connectivity index (χ4v) is 1.47. The highest BCUT2D eigenvalue weighted by atomic mass is 19.1. The molecule has 3 heterocycles. The Balaban J connectivity index is 2.23. The van der Waals surface area contributed by atoms with Gasteiger partial charge in [-0.2, -0.15) is 9.38 Å². The third-order valence-electron chi connectivity index (χ3n) is 2.04. The van der Waals surface area contributed by atoms with Gasteiger partial charge in [0, 0.05) is 6.08 Å². The smallest absolute Gasteiger partial charge is 0.239 e. The summed E-state index contributed by atoms with van der Waals surface area (Å²) in [5.74, 6) is 0.502. The van der Waals surface area contributed by atoms with Crippen LogP contribution in [0.2, 0.25) is 0 Å². The molecule has 0 aromatic rings. The molecule has 0 atom stereocenters. The molecule has 3 rings (SSSR count). The van der Waals surface area contributed by atoms with Gasteiger partial charge in [0.1, 0.15) is 12.2 Å². The van der Waals surface area contributed by atoms with Crippen LogP contribution in [0.3, 0.4) is 0 Å². The minimum Gasteiger partial charge on any atom is -0.263 e. The zero-order valence-corrected chi connectivity index (χ0v) is 7.05. The molecule has 0 saturated carbocycles. The highest BCUT2D eigenvalue weighted by Gasteiger charge is 2.26. The number of hydrogen-bond donors (Lipinski definition) is 0. The molecule has 5 heteroatoms. The first-order valence-corrected chi connectivity index (χ1v) is 4.09. The minimum absolute atomic E-state index is 0.325. The second kappa shape index (κ2) is 2.47. The van der Waals surface area contributed by atoms with Gasteiger partial charge in [0.15, 0.2) is 0 Å². The van der Waals surface area contributed by atoms with Crippen molar-refractivity contribution in [3.05, 3.63) is 35.8 Å². The van der Waals surface area contributed by atoms with E-state index in [0.29, 0.717) is 17.5 Å². The molecule has 0 spiro atoms. The SMILES string of the molecule is FC1=NC2=NC=NC3=CC=CC(=C1)N32. The maximum Gasteiger partial charge on any atom is 0.239 e. The lowest BCUT2D eigenvalue weighted by Crippen LogP contribution is -2.33. The van der Waals surface area contributed by atoms with Gasteiger partial charge >= 0.3 is 0 Å². The average Bonchev–Trinajstić information content (AvgIpc) is 2.18. The van der Waals surface area contributed by atoms with Gasteiger partial charge < -0.3 is 0 Å². The van der Waals surface area contributed by atoms with Crippen LogP contribution in [0.1, 0.15) is 0 Å². The predicted molar refractivity (Wildman–Crippen MR) is 51.6 cm³/mol. The average molecular weight is 188 g/mol. The summed E-state index contributed by atoms with van der Waals surface area (Å²) in [7, 11) is 0. The molecule has 0 N–H and O–H groups in total. The molecular formula is C9H5FN4. The summed E-state index contributed by atoms with van der Waals surface area (Å²) in [5, 5.41) is 0. The molecule has 3 aliphatic heterocycles. The van der Waals surface area contributed by atoms with Gasteiger partial charge in [-0.15, -0.1) is 0 Å². The number of guanidine groups is 1. The van der Waals surface area contributed by atoms with E-state index in [1.807, 2.05) is 12.2 Å². The largest absolute Gasteiger partial charge is 0.263 e. The van der Waals surface area contributed by atoms with Crippen molar-refractivity contribution in [3.8, 4) is 0 Å². The molecule has 0 aromatic heterocycles. The van der Waals surface area contributed by atoms with E-state index in [9.17, 15) is 4.39 Å². The van der Waals surface area contributed by atoms with Crippen LogP contribution in [0.15, 0.2) is 50.8 Å². The number of hydrogen-bond acceptors (Lipinski definition) is 4. The Labute approximate surface area is 79.2 Å². The molecule has 0 unspecified atom stereocenters. The zero-order valence-electron chi connectivity index (χ0n) is 7.05. The van der Waals surface area contributed by atoms with Gasteiger partial charge in [0.2, 0.25) is 11.9 Å². The number of rotatable bonds is 0. The van der Waals surface area contributed by atoms with E-state index < -0.39 is 5.97 Å². The van der Waals surface area contributed by atoms with Crippen LogP contribution in [0.4, 0.5) is 4.39 Å². The molecule has 14 heavy (non-hydrogen) atoms. The molecule has 0 bridgehead atoms. The summed E-state index contributed by atoms with van der Waals surface area (Å²) in [5.41, 5.74) is 0.700. The second-order valence-electron chi connectivity index (χ2n) is 2.90. The third kappa shape index (κ3) is 0.891. The van der Waals surface area contributed by atoms with E-state index >= 15 is 0 Å². The third-order valence-corrected chi connectivity index (χ3v) is 2.04. The van der Waals surface area contributed by atoms with Gasteiger partial charge in [-0.3, -0.25) is 4.90 Å². The molecule has 68 valence electrons. The van der Waals surface area contributed by atoms with E-state index in [2.05, 4.69) is 15.0 Å². The summed E-state index contributed by atoms with van der Waals surface area (Å²) < 4.78 is 13.0. The van der Waals surface area contributed by atoms with Crippen molar-refractivity contribution >= 4 is 18.3 Å². The van der Waals surface area contributed by atoms with Crippen LogP contribution in [-0.4, -0.2) is 23.2 Å². The molecule has 4 nitrogen and oxygen atoms in total. The highest BCUT2D eigenvalue weighted by Crippen LogP contribution is 2.26. The van der Waals surface area contributed by atoms with Crippen molar-refractivity contribution in [2.75, 3.05) is 0 Å². The summed E-state index contributed by atoms with van der Waals surface area (Å²) >= 11 is 0. The standard InChI is InChI=1S/C9H5FN4/c10-7-4-6-2-1-3-8-11-5-12-9(13-7)14(6)8/h1-5H. The van der Waals surface area contributed by atoms with Crippen LogP contribution >= 0.6 is 0 Å². The van der Waals surface area contributed by atoms with E-state index in [4.69, 9.17) is 0 Å². The molecule has 3 aliphatic rings. The quantitative estimate of drug-likeness (QED) is 0.565. The first kappa shape index (κ1) is 7.37. The second-order valence-corrected chi connectivity index (χ2v) is 2.90. The van der Waals surface area contributed by atoms with Crippen molar-refractivity contribution in [1.82, 2.24) is 4.90 Å². The molecule has 0 fully saturated rings. The molecular weight excluding hydrogens is 183 g/mol. The van der Waals surface area contributed by atoms with Crippen LogP contribution in [0, 0.1) is 0 Å². The first-order valence-electron chi connectivity index (χ1n) is 4.09. The van der Waals surface area contributed by atoms with Crippen molar-refractivity contribution in [3.63, 3.8) is 0 Å². The molecule has 0 radical (unpaired) electrons. The summed E-state index contributed by atoms with van der Waals surface area (Å²) in [6.07, 6.45) is 8.14. The Hall–Kier alpha value is -2.04. The lowest BCUT2D eigenvalue weighted by molar-refractivity contribution is 0.611. The summed E-state index contributed by atoms with van der Waals surface area (Å²) in [6.45, 7) is 0. The van der Waals surface area contributed by atoms with Gasteiger partial charge in [-0.1, -0.05) is 6.08 Å².